The van der Waals surface area contributed by atoms with Gasteiger partial charge in [-0.1, -0.05) is 0 Å². The molecule has 2 aliphatic carbocycles. The van der Waals surface area contributed by atoms with E-state index in [1.165, 1.54) is 19.3 Å². The minimum atomic E-state index is -0.387. The third kappa shape index (κ3) is 2.07. The Morgan fingerprint density at radius 1 is 1.00 bits per heavy atom. The summed E-state index contributed by atoms with van der Waals surface area (Å²) in [6, 6.07) is 5.66. The van der Waals surface area contributed by atoms with Crippen LogP contribution in [0.4, 0.5) is 0 Å². The average Bonchev–Trinajstić information content (AvgIpc) is 3.03. The molecule has 1 N–H and O–H groups in total. The fourth-order valence-corrected chi connectivity index (χ4v) is 3.29. The Kier molecular flexibility index (Phi) is 2.94. The van der Waals surface area contributed by atoms with Crippen LogP contribution < -0.4 is 9.47 Å². The van der Waals surface area contributed by atoms with Crippen molar-refractivity contribution in [3.05, 3.63) is 23.8 Å². The Morgan fingerprint density at radius 2 is 1.56 bits per heavy atom. The molecule has 0 saturated heterocycles. The second kappa shape index (κ2) is 4.47. The van der Waals surface area contributed by atoms with E-state index in [9.17, 15) is 5.11 Å². The molecule has 0 spiro atoms. The van der Waals surface area contributed by atoms with Crippen LogP contribution in [0.15, 0.2) is 18.2 Å². The fourth-order valence-electron chi connectivity index (χ4n) is 3.29. The molecule has 0 radical (unpaired) electrons. The monoisotopic (exact) mass is 248 g/mol. The van der Waals surface area contributed by atoms with Crippen LogP contribution in [0, 0.1) is 17.8 Å². The highest BCUT2D eigenvalue weighted by Crippen LogP contribution is 2.57. The number of hydrogen-bond donors (Lipinski definition) is 1. The number of aliphatic hydroxyl groups is 1. The smallest absolute Gasteiger partial charge is 0.122 e. The molecule has 1 aromatic carbocycles. The van der Waals surface area contributed by atoms with Gasteiger partial charge in [-0.15, -0.1) is 0 Å². The molecule has 2 aliphatic rings. The molecule has 3 nitrogen and oxygen atoms in total. The summed E-state index contributed by atoms with van der Waals surface area (Å²) in [6.45, 7) is 0. The predicted octanol–water partition coefficient (Wildman–Crippen LogP) is 2.78. The Bertz CT molecular complexity index is 411. The Labute approximate surface area is 108 Å². The quantitative estimate of drug-likeness (QED) is 0.890. The Balaban J connectivity index is 1.81. The zero-order chi connectivity index (χ0) is 12.7. The van der Waals surface area contributed by atoms with Crippen LogP contribution >= 0.6 is 0 Å². The van der Waals surface area contributed by atoms with Crippen molar-refractivity contribution in [1.82, 2.24) is 0 Å². The zero-order valence-electron chi connectivity index (χ0n) is 10.9. The van der Waals surface area contributed by atoms with E-state index in [2.05, 4.69) is 0 Å². The molecule has 0 aliphatic heterocycles. The van der Waals surface area contributed by atoms with E-state index in [0.717, 1.165) is 28.9 Å². The molecule has 3 unspecified atom stereocenters. The summed E-state index contributed by atoms with van der Waals surface area (Å²) in [5, 5.41) is 10.5. The van der Waals surface area contributed by atoms with Gasteiger partial charge in [0.2, 0.25) is 0 Å². The first kappa shape index (κ1) is 11.8. The maximum atomic E-state index is 10.5. The number of methoxy groups -OCH3 is 2. The molecule has 0 bridgehead atoms. The van der Waals surface area contributed by atoms with Crippen LogP contribution in [0.5, 0.6) is 11.5 Å². The van der Waals surface area contributed by atoms with E-state index in [1.807, 2.05) is 18.2 Å². The number of rotatable bonds is 4. The van der Waals surface area contributed by atoms with Crippen molar-refractivity contribution in [3.8, 4) is 11.5 Å². The molecule has 0 amide bonds. The highest BCUT2D eigenvalue weighted by Gasteiger charge is 2.47. The number of ether oxygens (including phenoxy) is 2. The van der Waals surface area contributed by atoms with E-state index in [1.54, 1.807) is 14.2 Å². The maximum Gasteiger partial charge on any atom is 0.122 e. The van der Waals surface area contributed by atoms with E-state index in [4.69, 9.17) is 9.47 Å². The standard InChI is InChI=1S/C15H20O3/c1-17-13-6-12(7-14(8-13)18-2)15(16)11-4-9-3-10(9)5-11/h6-11,15-16H,3-5H2,1-2H3. The van der Waals surface area contributed by atoms with Gasteiger partial charge in [0, 0.05) is 6.07 Å². The molecule has 0 aromatic heterocycles. The van der Waals surface area contributed by atoms with E-state index in [-0.39, 0.29) is 6.10 Å². The van der Waals surface area contributed by atoms with Gasteiger partial charge in [-0.2, -0.15) is 0 Å². The van der Waals surface area contributed by atoms with Gasteiger partial charge in [0.25, 0.3) is 0 Å². The zero-order valence-corrected chi connectivity index (χ0v) is 10.9. The second-order valence-electron chi connectivity index (χ2n) is 5.58. The minimum absolute atomic E-state index is 0.387. The SMILES string of the molecule is COc1cc(OC)cc(C(O)C2CC3CC3C2)c1. The van der Waals surface area contributed by atoms with Gasteiger partial charge in [0.15, 0.2) is 0 Å². The lowest BCUT2D eigenvalue weighted by Gasteiger charge is -2.21. The van der Waals surface area contributed by atoms with Crippen LogP contribution in [-0.2, 0) is 0 Å². The van der Waals surface area contributed by atoms with Gasteiger partial charge < -0.3 is 14.6 Å². The summed E-state index contributed by atoms with van der Waals surface area (Å²) in [4.78, 5) is 0. The maximum absolute atomic E-state index is 10.5. The van der Waals surface area contributed by atoms with Crippen molar-refractivity contribution in [2.24, 2.45) is 17.8 Å². The van der Waals surface area contributed by atoms with Gasteiger partial charge >= 0.3 is 0 Å². The predicted molar refractivity (Wildman–Crippen MR) is 68.8 cm³/mol. The first-order chi connectivity index (χ1) is 8.71. The minimum Gasteiger partial charge on any atom is -0.497 e. The van der Waals surface area contributed by atoms with Crippen LogP contribution in [0.2, 0.25) is 0 Å². The van der Waals surface area contributed by atoms with Crippen molar-refractivity contribution >= 4 is 0 Å². The molecular weight excluding hydrogens is 228 g/mol. The summed E-state index contributed by atoms with van der Waals surface area (Å²) in [5.74, 6) is 3.66. The molecule has 0 heterocycles. The summed E-state index contributed by atoms with van der Waals surface area (Å²) < 4.78 is 10.5. The summed E-state index contributed by atoms with van der Waals surface area (Å²) in [5.41, 5.74) is 0.914. The third-order valence-electron chi connectivity index (χ3n) is 4.44. The molecule has 1 aromatic rings. The average molecular weight is 248 g/mol. The molecule has 3 atom stereocenters. The topological polar surface area (TPSA) is 38.7 Å². The lowest BCUT2D eigenvalue weighted by Crippen LogP contribution is -2.11. The van der Waals surface area contributed by atoms with Gasteiger partial charge in [-0.05, 0) is 54.7 Å². The number of benzene rings is 1. The molecule has 2 fully saturated rings. The van der Waals surface area contributed by atoms with Gasteiger partial charge in [0.05, 0.1) is 20.3 Å². The Hall–Kier alpha value is -1.22. The summed E-state index contributed by atoms with van der Waals surface area (Å²) in [7, 11) is 3.27. The van der Waals surface area contributed by atoms with E-state index in [0.29, 0.717) is 5.92 Å². The van der Waals surface area contributed by atoms with Gasteiger partial charge in [-0.25, -0.2) is 0 Å². The van der Waals surface area contributed by atoms with E-state index >= 15 is 0 Å². The number of fused-ring (bicyclic) bond motifs is 1. The van der Waals surface area contributed by atoms with Crippen LogP contribution in [0.25, 0.3) is 0 Å². The number of aliphatic hydroxyl groups excluding tert-OH is 1. The van der Waals surface area contributed by atoms with Crippen LogP contribution in [0.1, 0.15) is 30.9 Å². The van der Waals surface area contributed by atoms with E-state index < -0.39 is 0 Å². The molecule has 18 heavy (non-hydrogen) atoms. The summed E-state index contributed by atoms with van der Waals surface area (Å²) >= 11 is 0. The molecule has 3 rings (SSSR count). The van der Waals surface area contributed by atoms with Gasteiger partial charge in [-0.3, -0.25) is 0 Å². The van der Waals surface area contributed by atoms with Crippen molar-refractivity contribution in [2.45, 2.75) is 25.4 Å². The van der Waals surface area contributed by atoms with Gasteiger partial charge in [0.1, 0.15) is 11.5 Å². The second-order valence-corrected chi connectivity index (χ2v) is 5.58. The highest BCUT2D eigenvalue weighted by atomic mass is 16.5. The van der Waals surface area contributed by atoms with Crippen molar-refractivity contribution in [3.63, 3.8) is 0 Å². The Morgan fingerprint density at radius 3 is 2.06 bits per heavy atom. The molecule has 98 valence electrons. The first-order valence-electron chi connectivity index (χ1n) is 6.62. The number of hydrogen-bond acceptors (Lipinski definition) is 3. The largest absolute Gasteiger partial charge is 0.497 e. The highest BCUT2D eigenvalue weighted by molar-refractivity contribution is 5.39. The first-order valence-corrected chi connectivity index (χ1v) is 6.62. The van der Waals surface area contributed by atoms with Crippen LogP contribution in [0.3, 0.4) is 0 Å². The van der Waals surface area contributed by atoms with Crippen molar-refractivity contribution in [2.75, 3.05) is 14.2 Å². The molecular formula is C15H20O3. The van der Waals surface area contributed by atoms with Crippen molar-refractivity contribution in [1.29, 1.82) is 0 Å². The summed E-state index contributed by atoms with van der Waals surface area (Å²) in [6.07, 6.45) is 3.34. The lowest BCUT2D eigenvalue weighted by molar-refractivity contribution is 0.104. The lowest BCUT2D eigenvalue weighted by atomic mass is 9.91. The normalized spacial score (nSPS) is 30.7. The van der Waals surface area contributed by atoms with Crippen molar-refractivity contribution < 1.29 is 14.6 Å². The van der Waals surface area contributed by atoms with Crippen LogP contribution in [-0.4, -0.2) is 19.3 Å². The fraction of sp³-hybridized carbons (Fsp3) is 0.600. The third-order valence-corrected chi connectivity index (χ3v) is 4.44. The molecule has 2 saturated carbocycles. The molecule has 3 heteroatoms.